The van der Waals surface area contributed by atoms with Crippen molar-refractivity contribution in [2.75, 3.05) is 11.9 Å². The molecule has 0 aliphatic heterocycles. The van der Waals surface area contributed by atoms with Crippen LogP contribution < -0.4 is 10.1 Å². The summed E-state index contributed by atoms with van der Waals surface area (Å²) in [4.78, 5) is 10.8. The van der Waals surface area contributed by atoms with Crippen molar-refractivity contribution < 1.29 is 19.7 Å². The molecule has 110 valence electrons. The summed E-state index contributed by atoms with van der Waals surface area (Å²) in [6.45, 7) is 0.883. The number of aliphatic hydroxyl groups is 1. The van der Waals surface area contributed by atoms with E-state index in [0.29, 0.717) is 5.75 Å². The second kappa shape index (κ2) is 6.28. The molecule has 5 heteroatoms. The SMILES string of the molecule is CC(O)(COc1ccc(Nc2ccccc2)cc1)C(=O)O. The van der Waals surface area contributed by atoms with Gasteiger partial charge in [-0.1, -0.05) is 18.2 Å². The van der Waals surface area contributed by atoms with E-state index in [1.807, 2.05) is 42.5 Å². The van der Waals surface area contributed by atoms with E-state index in [1.54, 1.807) is 12.1 Å². The number of anilines is 2. The predicted molar refractivity (Wildman–Crippen MR) is 79.9 cm³/mol. The second-order valence-corrected chi connectivity index (χ2v) is 4.88. The molecule has 2 rings (SSSR count). The first-order chi connectivity index (χ1) is 9.97. The van der Waals surface area contributed by atoms with E-state index < -0.39 is 11.6 Å². The van der Waals surface area contributed by atoms with Crippen molar-refractivity contribution in [1.82, 2.24) is 0 Å². The van der Waals surface area contributed by atoms with Gasteiger partial charge in [0.05, 0.1) is 0 Å². The van der Waals surface area contributed by atoms with Crippen LogP contribution in [0.3, 0.4) is 0 Å². The van der Waals surface area contributed by atoms with Gasteiger partial charge in [-0.3, -0.25) is 0 Å². The summed E-state index contributed by atoms with van der Waals surface area (Å²) in [7, 11) is 0. The lowest BCUT2D eigenvalue weighted by Gasteiger charge is -2.18. The van der Waals surface area contributed by atoms with Gasteiger partial charge < -0.3 is 20.3 Å². The molecule has 2 aromatic rings. The molecule has 1 unspecified atom stereocenters. The monoisotopic (exact) mass is 287 g/mol. The van der Waals surface area contributed by atoms with E-state index >= 15 is 0 Å². The molecule has 0 amide bonds. The highest BCUT2D eigenvalue weighted by Gasteiger charge is 2.30. The first-order valence-electron chi connectivity index (χ1n) is 6.48. The molecule has 0 aromatic heterocycles. The highest BCUT2D eigenvalue weighted by atomic mass is 16.5. The van der Waals surface area contributed by atoms with Gasteiger partial charge in [0, 0.05) is 11.4 Å². The van der Waals surface area contributed by atoms with Gasteiger partial charge in [-0.25, -0.2) is 4.79 Å². The first-order valence-corrected chi connectivity index (χ1v) is 6.48. The summed E-state index contributed by atoms with van der Waals surface area (Å²) >= 11 is 0. The zero-order valence-electron chi connectivity index (χ0n) is 11.6. The average molecular weight is 287 g/mol. The molecule has 0 aliphatic carbocycles. The standard InChI is InChI=1S/C16H17NO4/c1-16(20,15(18)19)11-21-14-9-7-13(8-10-14)17-12-5-3-2-4-6-12/h2-10,17,20H,11H2,1H3,(H,18,19). The van der Waals surface area contributed by atoms with Crippen LogP contribution in [-0.4, -0.2) is 28.4 Å². The molecule has 0 bridgehead atoms. The Balaban J connectivity index is 1.95. The molecule has 0 saturated carbocycles. The Morgan fingerprint density at radius 3 is 2.24 bits per heavy atom. The lowest BCUT2D eigenvalue weighted by Crippen LogP contribution is -2.41. The van der Waals surface area contributed by atoms with Gasteiger partial charge in [0.2, 0.25) is 0 Å². The maximum Gasteiger partial charge on any atom is 0.339 e. The third-order valence-corrected chi connectivity index (χ3v) is 2.90. The van der Waals surface area contributed by atoms with Gasteiger partial charge in [0.15, 0.2) is 5.60 Å². The lowest BCUT2D eigenvalue weighted by molar-refractivity contribution is -0.159. The van der Waals surface area contributed by atoms with E-state index in [1.165, 1.54) is 6.92 Å². The van der Waals surface area contributed by atoms with Crippen LogP contribution in [0.2, 0.25) is 0 Å². The molecule has 1 atom stereocenters. The van der Waals surface area contributed by atoms with Crippen LogP contribution in [0.4, 0.5) is 11.4 Å². The van der Waals surface area contributed by atoms with Crippen molar-refractivity contribution in [2.45, 2.75) is 12.5 Å². The van der Waals surface area contributed by atoms with E-state index in [9.17, 15) is 9.90 Å². The summed E-state index contributed by atoms with van der Waals surface area (Å²) < 4.78 is 5.28. The molecule has 0 saturated heterocycles. The summed E-state index contributed by atoms with van der Waals surface area (Å²) in [5, 5.41) is 21.6. The number of carboxylic acids is 1. The van der Waals surface area contributed by atoms with Crippen LogP contribution in [-0.2, 0) is 4.79 Å². The minimum atomic E-state index is -1.90. The fraction of sp³-hybridized carbons (Fsp3) is 0.188. The number of carbonyl (C=O) groups is 1. The molecule has 3 N–H and O–H groups in total. The van der Waals surface area contributed by atoms with Crippen molar-refractivity contribution in [3.05, 3.63) is 54.6 Å². The minimum Gasteiger partial charge on any atom is -0.490 e. The molecule has 0 spiro atoms. The molecule has 5 nitrogen and oxygen atoms in total. The summed E-state index contributed by atoms with van der Waals surface area (Å²) in [5.74, 6) is -0.819. The topological polar surface area (TPSA) is 78.8 Å². The molecule has 2 aromatic carbocycles. The number of rotatable bonds is 6. The van der Waals surface area contributed by atoms with Crippen LogP contribution in [0.1, 0.15) is 6.92 Å². The number of hydrogen-bond donors (Lipinski definition) is 3. The second-order valence-electron chi connectivity index (χ2n) is 4.88. The van der Waals surface area contributed by atoms with Crippen LogP contribution in [0.5, 0.6) is 5.75 Å². The Labute approximate surface area is 122 Å². The largest absolute Gasteiger partial charge is 0.490 e. The van der Waals surface area contributed by atoms with Gasteiger partial charge in [0.1, 0.15) is 12.4 Å². The molecule has 0 heterocycles. The van der Waals surface area contributed by atoms with Crippen LogP contribution >= 0.6 is 0 Å². The van der Waals surface area contributed by atoms with Crippen LogP contribution in [0, 0.1) is 0 Å². The summed E-state index contributed by atoms with van der Waals surface area (Å²) in [5.41, 5.74) is -0.0421. The normalized spacial score (nSPS) is 13.2. The van der Waals surface area contributed by atoms with Crippen molar-refractivity contribution in [3.63, 3.8) is 0 Å². The number of hydrogen-bond acceptors (Lipinski definition) is 4. The van der Waals surface area contributed by atoms with Gasteiger partial charge in [0.25, 0.3) is 0 Å². The summed E-state index contributed by atoms with van der Waals surface area (Å²) in [6.07, 6.45) is 0. The van der Waals surface area contributed by atoms with Crippen LogP contribution in [0.15, 0.2) is 54.6 Å². The predicted octanol–water partition coefficient (Wildman–Crippen LogP) is 2.64. The lowest BCUT2D eigenvalue weighted by atomic mass is 10.1. The fourth-order valence-electron chi connectivity index (χ4n) is 1.61. The number of carboxylic acid groups (broad SMARTS) is 1. The van der Waals surface area contributed by atoms with Crippen molar-refractivity contribution in [1.29, 1.82) is 0 Å². The highest BCUT2D eigenvalue weighted by molar-refractivity contribution is 5.76. The Morgan fingerprint density at radius 2 is 1.67 bits per heavy atom. The molecular formula is C16H17NO4. The quantitative estimate of drug-likeness (QED) is 0.761. The maximum atomic E-state index is 10.8. The van der Waals surface area contributed by atoms with E-state index in [4.69, 9.17) is 9.84 Å². The molecule has 0 aliphatic rings. The van der Waals surface area contributed by atoms with E-state index in [-0.39, 0.29) is 6.61 Å². The van der Waals surface area contributed by atoms with Crippen molar-refractivity contribution >= 4 is 17.3 Å². The van der Waals surface area contributed by atoms with Gasteiger partial charge >= 0.3 is 5.97 Å². The number of benzene rings is 2. The van der Waals surface area contributed by atoms with Crippen molar-refractivity contribution in [3.8, 4) is 5.75 Å². The smallest absolute Gasteiger partial charge is 0.339 e. The van der Waals surface area contributed by atoms with Gasteiger partial charge in [-0.2, -0.15) is 0 Å². The Kier molecular flexibility index (Phi) is 4.45. The zero-order chi connectivity index (χ0) is 15.3. The highest BCUT2D eigenvalue weighted by Crippen LogP contribution is 2.20. The fourth-order valence-corrected chi connectivity index (χ4v) is 1.61. The van der Waals surface area contributed by atoms with E-state index in [0.717, 1.165) is 11.4 Å². The maximum absolute atomic E-state index is 10.8. The van der Waals surface area contributed by atoms with Gasteiger partial charge in [-0.15, -0.1) is 0 Å². The van der Waals surface area contributed by atoms with Gasteiger partial charge in [-0.05, 0) is 43.3 Å². The van der Waals surface area contributed by atoms with E-state index in [2.05, 4.69) is 5.32 Å². The van der Waals surface area contributed by atoms with Crippen LogP contribution in [0.25, 0.3) is 0 Å². The van der Waals surface area contributed by atoms with Crippen molar-refractivity contribution in [2.24, 2.45) is 0 Å². The average Bonchev–Trinajstić information content (AvgIpc) is 2.47. The number of ether oxygens (including phenoxy) is 1. The minimum absolute atomic E-state index is 0.312. The zero-order valence-corrected chi connectivity index (χ0v) is 11.6. The molecule has 0 fully saturated rings. The Bertz CT molecular complexity index is 593. The number of nitrogens with one attached hydrogen (secondary N) is 1. The Morgan fingerprint density at radius 1 is 1.10 bits per heavy atom. The molecule has 21 heavy (non-hydrogen) atoms. The third-order valence-electron chi connectivity index (χ3n) is 2.90. The molecule has 0 radical (unpaired) electrons. The third kappa shape index (κ3) is 4.22. The summed E-state index contributed by atoms with van der Waals surface area (Å²) in [6, 6.07) is 16.8. The Hall–Kier alpha value is -2.53. The molecular weight excluding hydrogens is 270 g/mol. The number of para-hydroxylation sites is 1. The number of aliphatic carboxylic acids is 1. The first kappa shape index (κ1) is 14.9.